The largest absolute Gasteiger partial charge is 0.396 e. The molecule has 1 rings (SSSR count). The number of hydrogen-bond acceptors (Lipinski definition) is 6. The van der Waals surface area contributed by atoms with Crippen molar-refractivity contribution in [3.05, 3.63) is 27.3 Å². The monoisotopic (exact) mass is 269 g/mol. The van der Waals surface area contributed by atoms with Gasteiger partial charge in [-0.25, -0.2) is 0 Å². The lowest BCUT2D eigenvalue weighted by Crippen LogP contribution is -2.17. The lowest BCUT2D eigenvalue weighted by Gasteiger charge is -2.18. The first-order chi connectivity index (χ1) is 8.92. The molecule has 19 heavy (non-hydrogen) atoms. The number of nitro benzene ring substituents is 1. The van der Waals surface area contributed by atoms with Crippen LogP contribution in [0.3, 0.4) is 0 Å². The molecule has 0 spiro atoms. The summed E-state index contributed by atoms with van der Waals surface area (Å²) in [4.78, 5) is 10.6. The number of nitrogens with one attached hydrogen (secondary N) is 1. The van der Waals surface area contributed by atoms with Crippen LogP contribution in [0.4, 0.5) is 17.1 Å². The lowest BCUT2D eigenvalue weighted by atomic mass is 9.97. The molecule has 106 valence electrons. The minimum atomic E-state index is -0.798. The van der Waals surface area contributed by atoms with Gasteiger partial charge < -0.3 is 21.3 Å². The summed E-state index contributed by atoms with van der Waals surface area (Å²) in [6.45, 7) is 3.19. The standard InChI is InChI=1S/C12H19N3O4/c1-3-8-9(4-5-16)12(15(18)19)10(13)6-11(8)14-7(2)17/h6-7,14,16-17H,3-5,13H2,1-2H3. The van der Waals surface area contributed by atoms with Crippen molar-refractivity contribution in [3.8, 4) is 0 Å². The Morgan fingerprint density at radius 2 is 2.16 bits per heavy atom. The smallest absolute Gasteiger partial charge is 0.295 e. The fourth-order valence-corrected chi connectivity index (χ4v) is 2.15. The summed E-state index contributed by atoms with van der Waals surface area (Å²) in [6.07, 6.45) is -0.113. The van der Waals surface area contributed by atoms with Gasteiger partial charge in [0.05, 0.1) is 4.92 Å². The molecule has 1 aromatic carbocycles. The van der Waals surface area contributed by atoms with Crippen molar-refractivity contribution >= 4 is 17.1 Å². The average molecular weight is 269 g/mol. The topological polar surface area (TPSA) is 122 Å². The lowest BCUT2D eigenvalue weighted by molar-refractivity contribution is -0.384. The van der Waals surface area contributed by atoms with Gasteiger partial charge in [0, 0.05) is 24.3 Å². The SMILES string of the molecule is CCc1c(NC(C)O)cc(N)c([N+](=O)[O-])c1CCO. The third kappa shape index (κ3) is 3.33. The Balaban J connectivity index is 3.49. The van der Waals surface area contributed by atoms with Gasteiger partial charge in [-0.05, 0) is 25.0 Å². The number of nitrogens with two attached hydrogens (primary N) is 1. The molecular formula is C12H19N3O4. The first kappa shape index (κ1) is 15.2. The Hall–Kier alpha value is -1.86. The maximum absolute atomic E-state index is 11.1. The number of nitrogens with zero attached hydrogens (tertiary/aromatic N) is 1. The first-order valence-electron chi connectivity index (χ1n) is 6.06. The van der Waals surface area contributed by atoms with Gasteiger partial charge in [-0.1, -0.05) is 6.92 Å². The quantitative estimate of drug-likeness (QED) is 0.265. The third-order valence-corrected chi connectivity index (χ3v) is 2.81. The van der Waals surface area contributed by atoms with Crippen molar-refractivity contribution < 1.29 is 15.1 Å². The van der Waals surface area contributed by atoms with Gasteiger partial charge in [0.15, 0.2) is 0 Å². The van der Waals surface area contributed by atoms with Crippen LogP contribution in [0.2, 0.25) is 0 Å². The Bertz CT molecular complexity index is 475. The number of nitrogen functional groups attached to an aromatic ring is 1. The predicted octanol–water partition coefficient (Wildman–Crippen LogP) is 1.02. The summed E-state index contributed by atoms with van der Waals surface area (Å²) in [5, 5.41) is 32.4. The van der Waals surface area contributed by atoms with Gasteiger partial charge >= 0.3 is 0 Å². The van der Waals surface area contributed by atoms with E-state index in [2.05, 4.69) is 5.32 Å². The molecule has 0 aliphatic rings. The van der Waals surface area contributed by atoms with E-state index in [9.17, 15) is 15.2 Å². The molecule has 5 N–H and O–H groups in total. The first-order valence-corrected chi connectivity index (χ1v) is 6.06. The van der Waals surface area contributed by atoms with Gasteiger partial charge in [-0.3, -0.25) is 10.1 Å². The van der Waals surface area contributed by atoms with Gasteiger partial charge in [-0.15, -0.1) is 0 Å². The van der Waals surface area contributed by atoms with E-state index >= 15 is 0 Å². The van der Waals surface area contributed by atoms with E-state index in [1.807, 2.05) is 6.92 Å². The molecule has 0 aliphatic heterocycles. The van der Waals surface area contributed by atoms with Crippen LogP contribution in [-0.4, -0.2) is 28.0 Å². The predicted molar refractivity (Wildman–Crippen MR) is 73.0 cm³/mol. The van der Waals surface area contributed by atoms with E-state index in [1.165, 1.54) is 6.07 Å². The molecule has 0 saturated carbocycles. The molecule has 1 unspecified atom stereocenters. The molecule has 0 radical (unpaired) electrons. The van der Waals surface area contributed by atoms with Crippen LogP contribution < -0.4 is 11.1 Å². The molecule has 0 bridgehead atoms. The summed E-state index contributed by atoms with van der Waals surface area (Å²) < 4.78 is 0. The van der Waals surface area contributed by atoms with E-state index in [-0.39, 0.29) is 24.4 Å². The zero-order chi connectivity index (χ0) is 14.6. The van der Waals surface area contributed by atoms with Crippen LogP contribution in [0.25, 0.3) is 0 Å². The van der Waals surface area contributed by atoms with Crippen LogP contribution in [-0.2, 0) is 12.8 Å². The zero-order valence-corrected chi connectivity index (χ0v) is 11.0. The van der Waals surface area contributed by atoms with Crippen LogP contribution in [0, 0.1) is 10.1 Å². The molecule has 0 amide bonds. The van der Waals surface area contributed by atoms with Gasteiger partial charge in [0.2, 0.25) is 0 Å². The van der Waals surface area contributed by atoms with Crippen molar-refractivity contribution in [3.63, 3.8) is 0 Å². The molecule has 0 heterocycles. The molecule has 0 fully saturated rings. The fourth-order valence-electron chi connectivity index (χ4n) is 2.15. The molecule has 7 heteroatoms. The minimum Gasteiger partial charge on any atom is -0.396 e. The third-order valence-electron chi connectivity index (χ3n) is 2.81. The summed E-state index contributed by atoms with van der Waals surface area (Å²) in [7, 11) is 0. The maximum atomic E-state index is 11.1. The number of hydrogen-bond donors (Lipinski definition) is 4. The molecule has 0 saturated heterocycles. The highest BCUT2D eigenvalue weighted by molar-refractivity contribution is 5.74. The maximum Gasteiger partial charge on any atom is 0.295 e. The van der Waals surface area contributed by atoms with Crippen molar-refractivity contribution in [1.82, 2.24) is 0 Å². The van der Waals surface area contributed by atoms with Gasteiger partial charge in [-0.2, -0.15) is 0 Å². The number of aliphatic hydroxyl groups is 2. The average Bonchev–Trinajstić information content (AvgIpc) is 2.27. The zero-order valence-electron chi connectivity index (χ0n) is 11.0. The Morgan fingerprint density at radius 3 is 2.58 bits per heavy atom. The molecular weight excluding hydrogens is 250 g/mol. The number of benzene rings is 1. The Kier molecular flexibility index (Phi) is 5.08. The molecule has 0 aliphatic carbocycles. The van der Waals surface area contributed by atoms with Crippen molar-refractivity contribution in [2.24, 2.45) is 0 Å². The molecule has 7 nitrogen and oxygen atoms in total. The van der Waals surface area contributed by atoms with Crippen LogP contribution in [0.15, 0.2) is 6.07 Å². The van der Waals surface area contributed by atoms with E-state index in [0.29, 0.717) is 23.2 Å². The van der Waals surface area contributed by atoms with E-state index < -0.39 is 11.2 Å². The van der Waals surface area contributed by atoms with Crippen LogP contribution in [0.5, 0.6) is 0 Å². The van der Waals surface area contributed by atoms with Crippen molar-refractivity contribution in [1.29, 1.82) is 0 Å². The minimum absolute atomic E-state index is 0.0220. The molecule has 1 aromatic rings. The Morgan fingerprint density at radius 1 is 1.53 bits per heavy atom. The summed E-state index contributed by atoms with van der Waals surface area (Å²) in [6, 6.07) is 1.45. The summed E-state index contributed by atoms with van der Waals surface area (Å²) in [5.74, 6) is 0. The number of rotatable bonds is 6. The highest BCUT2D eigenvalue weighted by atomic mass is 16.6. The van der Waals surface area contributed by atoms with E-state index in [1.54, 1.807) is 6.92 Å². The number of nitro groups is 1. The van der Waals surface area contributed by atoms with Crippen LogP contribution >= 0.6 is 0 Å². The second-order valence-electron chi connectivity index (χ2n) is 4.22. The summed E-state index contributed by atoms with van der Waals surface area (Å²) in [5.41, 5.74) is 7.23. The van der Waals surface area contributed by atoms with E-state index in [0.717, 1.165) is 0 Å². The normalized spacial score (nSPS) is 12.2. The van der Waals surface area contributed by atoms with E-state index in [4.69, 9.17) is 10.8 Å². The molecule has 1 atom stereocenters. The second-order valence-corrected chi connectivity index (χ2v) is 4.22. The number of anilines is 2. The van der Waals surface area contributed by atoms with Crippen LogP contribution in [0.1, 0.15) is 25.0 Å². The van der Waals surface area contributed by atoms with Gasteiger partial charge in [0.1, 0.15) is 11.9 Å². The van der Waals surface area contributed by atoms with Crippen molar-refractivity contribution in [2.75, 3.05) is 17.7 Å². The second kappa shape index (κ2) is 6.35. The highest BCUT2D eigenvalue weighted by Gasteiger charge is 2.24. The number of aliphatic hydroxyl groups excluding tert-OH is 2. The highest BCUT2D eigenvalue weighted by Crippen LogP contribution is 2.35. The van der Waals surface area contributed by atoms with Gasteiger partial charge in [0.25, 0.3) is 5.69 Å². The summed E-state index contributed by atoms with van der Waals surface area (Å²) >= 11 is 0. The Labute approximate surface area is 111 Å². The molecule has 0 aromatic heterocycles. The van der Waals surface area contributed by atoms with Crippen molar-refractivity contribution in [2.45, 2.75) is 32.9 Å². The fraction of sp³-hybridized carbons (Fsp3) is 0.500.